The van der Waals surface area contributed by atoms with Crippen LogP contribution in [0.4, 0.5) is 0 Å². The van der Waals surface area contributed by atoms with E-state index < -0.39 is 0 Å². The highest BCUT2D eigenvalue weighted by Gasteiger charge is 2.26. The first kappa shape index (κ1) is 17.7. The topological polar surface area (TPSA) is 38.1 Å². The lowest BCUT2D eigenvalue weighted by atomic mass is 9.97. The molecule has 0 saturated carbocycles. The molecule has 1 aromatic heterocycles. The standard InChI is InChI=1S/C21H29N3O/c1-16-7-8-17(2)19(14-16)15-21(25)24-11-5-4-6-20(24)9-12-23-13-10-22-18(23)3/h7-8,10,13-14,20H,4-6,9,11-12,15H2,1-3H3/t20-/m1/s1. The number of nitrogens with zero attached hydrogens (tertiary/aromatic N) is 3. The second-order valence-electron chi connectivity index (χ2n) is 7.30. The van der Waals surface area contributed by atoms with Crippen molar-refractivity contribution >= 4 is 5.91 Å². The molecular weight excluding hydrogens is 310 g/mol. The minimum Gasteiger partial charge on any atom is -0.339 e. The Kier molecular flexibility index (Phi) is 5.57. The Morgan fingerprint density at radius 1 is 1.24 bits per heavy atom. The molecule has 1 fully saturated rings. The van der Waals surface area contributed by atoms with E-state index in [1.54, 1.807) is 0 Å². The van der Waals surface area contributed by atoms with Gasteiger partial charge in [0.1, 0.15) is 5.82 Å². The highest BCUT2D eigenvalue weighted by molar-refractivity contribution is 5.79. The Morgan fingerprint density at radius 3 is 2.84 bits per heavy atom. The highest BCUT2D eigenvalue weighted by Crippen LogP contribution is 2.22. The van der Waals surface area contributed by atoms with Crippen molar-refractivity contribution in [3.63, 3.8) is 0 Å². The van der Waals surface area contributed by atoms with E-state index >= 15 is 0 Å². The van der Waals surface area contributed by atoms with Gasteiger partial charge in [0.2, 0.25) is 5.91 Å². The van der Waals surface area contributed by atoms with Crippen molar-refractivity contribution in [2.75, 3.05) is 6.54 Å². The number of amides is 1. The zero-order valence-corrected chi connectivity index (χ0v) is 15.7. The van der Waals surface area contributed by atoms with Crippen LogP contribution in [0.2, 0.25) is 0 Å². The summed E-state index contributed by atoms with van der Waals surface area (Å²) in [5.74, 6) is 1.32. The summed E-state index contributed by atoms with van der Waals surface area (Å²) < 4.78 is 2.18. The van der Waals surface area contributed by atoms with E-state index in [9.17, 15) is 4.79 Å². The molecule has 134 valence electrons. The number of aromatic nitrogens is 2. The number of likely N-dealkylation sites (tertiary alicyclic amines) is 1. The first-order valence-corrected chi connectivity index (χ1v) is 9.38. The van der Waals surface area contributed by atoms with E-state index in [0.717, 1.165) is 38.2 Å². The van der Waals surface area contributed by atoms with Crippen molar-refractivity contribution in [1.82, 2.24) is 14.5 Å². The van der Waals surface area contributed by atoms with Gasteiger partial charge in [-0.3, -0.25) is 4.79 Å². The summed E-state index contributed by atoms with van der Waals surface area (Å²) in [7, 11) is 0. The fraction of sp³-hybridized carbons (Fsp3) is 0.524. The summed E-state index contributed by atoms with van der Waals surface area (Å²) in [6, 6.07) is 6.74. The third kappa shape index (κ3) is 4.30. The molecular formula is C21H29N3O. The average molecular weight is 339 g/mol. The van der Waals surface area contributed by atoms with E-state index in [2.05, 4.69) is 46.5 Å². The maximum Gasteiger partial charge on any atom is 0.227 e. The van der Waals surface area contributed by atoms with Crippen LogP contribution in [0.25, 0.3) is 0 Å². The summed E-state index contributed by atoms with van der Waals surface area (Å²) in [5, 5.41) is 0. The molecule has 3 rings (SSSR count). The number of carbonyl (C=O) groups excluding carboxylic acids is 1. The Labute approximate surface area is 150 Å². The van der Waals surface area contributed by atoms with Gasteiger partial charge in [0.05, 0.1) is 6.42 Å². The molecule has 1 amide bonds. The zero-order valence-electron chi connectivity index (χ0n) is 15.7. The molecule has 4 nitrogen and oxygen atoms in total. The zero-order chi connectivity index (χ0) is 17.8. The molecule has 1 aliphatic rings. The monoisotopic (exact) mass is 339 g/mol. The van der Waals surface area contributed by atoms with Crippen LogP contribution in [0.5, 0.6) is 0 Å². The Morgan fingerprint density at radius 2 is 2.08 bits per heavy atom. The van der Waals surface area contributed by atoms with Crippen LogP contribution in [0.15, 0.2) is 30.6 Å². The Hall–Kier alpha value is -2.10. The van der Waals surface area contributed by atoms with Crippen LogP contribution in [0.3, 0.4) is 0 Å². The van der Waals surface area contributed by atoms with Gasteiger partial charge >= 0.3 is 0 Å². The van der Waals surface area contributed by atoms with Gasteiger partial charge in [-0.2, -0.15) is 0 Å². The molecule has 0 N–H and O–H groups in total. The molecule has 1 atom stereocenters. The normalized spacial score (nSPS) is 17.7. The van der Waals surface area contributed by atoms with Gasteiger partial charge in [-0.15, -0.1) is 0 Å². The molecule has 2 heterocycles. The SMILES string of the molecule is Cc1ccc(C)c(CC(=O)N2CCCC[C@@H]2CCn2ccnc2C)c1. The lowest BCUT2D eigenvalue weighted by molar-refractivity contribution is -0.134. The van der Waals surface area contributed by atoms with Gasteiger partial charge in [0.25, 0.3) is 0 Å². The Balaban J connectivity index is 1.66. The van der Waals surface area contributed by atoms with Crippen LogP contribution in [0, 0.1) is 20.8 Å². The number of carbonyl (C=O) groups is 1. The minimum absolute atomic E-state index is 0.278. The lowest BCUT2D eigenvalue weighted by Gasteiger charge is -2.36. The second-order valence-corrected chi connectivity index (χ2v) is 7.30. The van der Waals surface area contributed by atoms with Crippen molar-refractivity contribution in [2.45, 2.75) is 65.5 Å². The third-order valence-electron chi connectivity index (χ3n) is 5.42. The van der Waals surface area contributed by atoms with E-state index in [4.69, 9.17) is 0 Å². The predicted molar refractivity (Wildman–Crippen MR) is 101 cm³/mol. The lowest BCUT2D eigenvalue weighted by Crippen LogP contribution is -2.45. The molecule has 1 aliphatic heterocycles. The molecule has 4 heteroatoms. The smallest absolute Gasteiger partial charge is 0.227 e. The molecule has 0 bridgehead atoms. The van der Waals surface area contributed by atoms with Gasteiger partial charge < -0.3 is 9.47 Å². The summed E-state index contributed by atoms with van der Waals surface area (Å²) >= 11 is 0. The first-order valence-electron chi connectivity index (χ1n) is 9.38. The fourth-order valence-corrected chi connectivity index (χ4v) is 3.81. The van der Waals surface area contributed by atoms with Crippen molar-refractivity contribution < 1.29 is 4.79 Å². The van der Waals surface area contributed by atoms with Gasteiger partial charge in [-0.1, -0.05) is 23.8 Å². The number of benzene rings is 1. The van der Waals surface area contributed by atoms with Gasteiger partial charge in [-0.05, 0) is 57.6 Å². The maximum absolute atomic E-state index is 13.0. The number of hydrogen-bond acceptors (Lipinski definition) is 2. The van der Waals surface area contributed by atoms with Gasteiger partial charge in [-0.25, -0.2) is 4.98 Å². The average Bonchev–Trinajstić information content (AvgIpc) is 3.01. The minimum atomic E-state index is 0.278. The van der Waals surface area contributed by atoms with Crippen LogP contribution in [0.1, 0.15) is 48.2 Å². The Bertz CT molecular complexity index is 734. The van der Waals surface area contributed by atoms with Crippen molar-refractivity contribution in [1.29, 1.82) is 0 Å². The van der Waals surface area contributed by atoms with E-state index in [0.29, 0.717) is 12.5 Å². The molecule has 1 aromatic carbocycles. The van der Waals surface area contributed by atoms with E-state index in [1.807, 2.05) is 19.3 Å². The molecule has 25 heavy (non-hydrogen) atoms. The summed E-state index contributed by atoms with van der Waals surface area (Å²) in [5.41, 5.74) is 3.60. The molecule has 2 aromatic rings. The largest absolute Gasteiger partial charge is 0.339 e. The van der Waals surface area contributed by atoms with E-state index in [-0.39, 0.29) is 5.91 Å². The number of hydrogen-bond donors (Lipinski definition) is 0. The second kappa shape index (κ2) is 7.85. The van der Waals surface area contributed by atoms with Crippen LogP contribution in [-0.2, 0) is 17.8 Å². The van der Waals surface area contributed by atoms with Crippen molar-refractivity contribution in [3.05, 3.63) is 53.1 Å². The predicted octanol–water partition coefficient (Wildman–Crippen LogP) is 3.82. The number of aryl methyl sites for hydroxylation is 4. The summed E-state index contributed by atoms with van der Waals surface area (Å²) in [6.07, 6.45) is 8.87. The number of imidazole rings is 1. The van der Waals surface area contributed by atoms with Crippen LogP contribution >= 0.6 is 0 Å². The van der Waals surface area contributed by atoms with E-state index in [1.165, 1.54) is 23.1 Å². The summed E-state index contributed by atoms with van der Waals surface area (Å²) in [4.78, 5) is 19.4. The maximum atomic E-state index is 13.0. The van der Waals surface area contributed by atoms with Gasteiger partial charge in [0.15, 0.2) is 0 Å². The number of piperidine rings is 1. The molecule has 0 aliphatic carbocycles. The molecule has 0 radical (unpaired) electrons. The molecule has 0 spiro atoms. The van der Waals surface area contributed by atoms with Gasteiger partial charge in [0, 0.05) is 31.5 Å². The van der Waals surface area contributed by atoms with Crippen molar-refractivity contribution in [3.8, 4) is 0 Å². The summed E-state index contributed by atoms with van der Waals surface area (Å²) in [6.45, 7) is 8.05. The van der Waals surface area contributed by atoms with Crippen LogP contribution < -0.4 is 0 Å². The molecule has 0 unspecified atom stereocenters. The number of rotatable bonds is 5. The first-order chi connectivity index (χ1) is 12.0. The van der Waals surface area contributed by atoms with Crippen LogP contribution in [-0.4, -0.2) is 32.9 Å². The third-order valence-corrected chi connectivity index (χ3v) is 5.42. The van der Waals surface area contributed by atoms with Crippen molar-refractivity contribution in [2.24, 2.45) is 0 Å². The quantitative estimate of drug-likeness (QED) is 0.830. The molecule has 1 saturated heterocycles. The highest BCUT2D eigenvalue weighted by atomic mass is 16.2. The fourth-order valence-electron chi connectivity index (χ4n) is 3.81.